The number of hydrogen-bond acceptors (Lipinski definition) is 4. The van der Waals surface area contributed by atoms with E-state index in [0.29, 0.717) is 12.5 Å². The fourth-order valence-corrected chi connectivity index (χ4v) is 7.41. The maximum Gasteiger partial charge on any atom is 0.229 e. The zero-order valence-corrected chi connectivity index (χ0v) is 18.8. The Kier molecular flexibility index (Phi) is 4.70. The zero-order chi connectivity index (χ0) is 21.9. The van der Waals surface area contributed by atoms with Gasteiger partial charge < -0.3 is 19.2 Å². The van der Waals surface area contributed by atoms with E-state index in [0.717, 1.165) is 67.4 Å². The van der Waals surface area contributed by atoms with E-state index in [-0.39, 0.29) is 23.8 Å². The van der Waals surface area contributed by atoms with Crippen molar-refractivity contribution in [2.45, 2.75) is 71.0 Å². The number of furan rings is 1. The predicted molar refractivity (Wildman–Crippen MR) is 117 cm³/mol. The Morgan fingerprint density at radius 1 is 1.16 bits per heavy atom. The molecule has 2 amide bonds. The van der Waals surface area contributed by atoms with E-state index in [1.54, 1.807) is 6.26 Å². The van der Waals surface area contributed by atoms with Crippen LogP contribution in [-0.4, -0.2) is 32.8 Å². The second-order valence-corrected chi connectivity index (χ2v) is 10.7. The number of fused-ring (bicyclic) bond motifs is 1. The molecule has 0 aromatic carbocycles. The van der Waals surface area contributed by atoms with Crippen molar-refractivity contribution < 1.29 is 14.0 Å². The van der Waals surface area contributed by atoms with Crippen molar-refractivity contribution in [3.8, 4) is 0 Å². The molecule has 5 aliphatic rings. The van der Waals surface area contributed by atoms with Crippen LogP contribution in [-0.2, 0) is 29.1 Å². The van der Waals surface area contributed by atoms with Crippen molar-refractivity contribution >= 4 is 11.8 Å². The molecular weight excluding hydrogens is 404 g/mol. The van der Waals surface area contributed by atoms with Gasteiger partial charge in [-0.1, -0.05) is 0 Å². The molecule has 1 N–H and O–H groups in total. The van der Waals surface area contributed by atoms with Crippen LogP contribution >= 0.6 is 0 Å². The molecular formula is C25H32N4O3. The summed E-state index contributed by atoms with van der Waals surface area (Å²) in [5.74, 6) is 4.22. The molecule has 3 heterocycles. The summed E-state index contributed by atoms with van der Waals surface area (Å²) in [6, 6.07) is 3.60. The van der Waals surface area contributed by atoms with Crippen LogP contribution < -0.4 is 5.32 Å². The zero-order valence-electron chi connectivity index (χ0n) is 18.8. The van der Waals surface area contributed by atoms with Gasteiger partial charge in [-0.3, -0.25) is 9.59 Å². The third-order valence-corrected chi connectivity index (χ3v) is 8.41. The average molecular weight is 437 g/mol. The molecule has 2 aromatic rings. The SMILES string of the molecule is C[C@@H]1c2nc(CC(=O)NCc3ccco3)cn2CCN1C(=O)C12CC3CC(CC(C3)C1)C2. The fraction of sp³-hybridized carbons (Fsp3) is 0.640. The Morgan fingerprint density at radius 3 is 2.53 bits per heavy atom. The summed E-state index contributed by atoms with van der Waals surface area (Å²) < 4.78 is 7.39. The molecule has 7 nitrogen and oxygen atoms in total. The molecule has 1 aliphatic heterocycles. The molecule has 4 bridgehead atoms. The first-order valence-electron chi connectivity index (χ1n) is 12.2. The predicted octanol–water partition coefficient (Wildman–Crippen LogP) is 3.45. The number of carbonyl (C=O) groups is 2. The van der Waals surface area contributed by atoms with E-state index < -0.39 is 0 Å². The van der Waals surface area contributed by atoms with E-state index in [2.05, 4.69) is 21.7 Å². The highest BCUT2D eigenvalue weighted by Crippen LogP contribution is 2.61. The van der Waals surface area contributed by atoms with Gasteiger partial charge in [0.15, 0.2) is 0 Å². The van der Waals surface area contributed by atoms with Gasteiger partial charge in [0.25, 0.3) is 0 Å². The largest absolute Gasteiger partial charge is 0.467 e. The standard InChI is InChI=1S/C25H32N4O3/c1-16-23-27-20(10-22(30)26-14-21-3-2-6-32-21)15-28(23)4-5-29(16)24(31)25-11-17-7-18(12-25)9-19(8-17)13-25/h2-3,6,15-19H,4-5,7-14H2,1H3,(H,26,30)/t16-,17?,18?,19?,25?/m1/s1. The maximum atomic E-state index is 13.9. The number of rotatable bonds is 5. The third kappa shape index (κ3) is 3.37. The second kappa shape index (κ2) is 7.49. The number of imidazole rings is 1. The normalized spacial score (nSPS) is 32.7. The number of aromatic nitrogens is 2. The van der Waals surface area contributed by atoms with Gasteiger partial charge in [0.2, 0.25) is 11.8 Å². The molecule has 4 saturated carbocycles. The summed E-state index contributed by atoms with van der Waals surface area (Å²) in [6.07, 6.45) is 11.1. The van der Waals surface area contributed by atoms with Gasteiger partial charge in [0, 0.05) is 19.3 Å². The van der Waals surface area contributed by atoms with Crippen LogP contribution in [0.25, 0.3) is 0 Å². The van der Waals surface area contributed by atoms with Crippen LogP contribution in [0.3, 0.4) is 0 Å². The fourth-order valence-electron chi connectivity index (χ4n) is 7.41. The molecule has 4 aliphatic carbocycles. The smallest absolute Gasteiger partial charge is 0.229 e. The van der Waals surface area contributed by atoms with Gasteiger partial charge in [-0.05, 0) is 75.3 Å². The van der Waals surface area contributed by atoms with Crippen molar-refractivity contribution in [1.29, 1.82) is 0 Å². The maximum absolute atomic E-state index is 13.9. The number of hydrogen-bond donors (Lipinski definition) is 1. The highest BCUT2D eigenvalue weighted by atomic mass is 16.3. The monoisotopic (exact) mass is 436 g/mol. The van der Waals surface area contributed by atoms with Crippen LogP contribution in [0, 0.1) is 23.2 Å². The lowest BCUT2D eigenvalue weighted by molar-refractivity contribution is -0.161. The van der Waals surface area contributed by atoms with E-state index in [4.69, 9.17) is 9.40 Å². The molecule has 2 aromatic heterocycles. The summed E-state index contributed by atoms with van der Waals surface area (Å²) in [7, 11) is 0. The van der Waals surface area contributed by atoms with Crippen molar-refractivity contribution in [3.63, 3.8) is 0 Å². The lowest BCUT2D eigenvalue weighted by Crippen LogP contribution is -2.56. The molecule has 32 heavy (non-hydrogen) atoms. The van der Waals surface area contributed by atoms with E-state index in [9.17, 15) is 9.59 Å². The number of nitrogens with one attached hydrogen (secondary N) is 1. The van der Waals surface area contributed by atoms with Crippen LogP contribution in [0.15, 0.2) is 29.0 Å². The number of carbonyl (C=O) groups excluding carboxylic acids is 2. The molecule has 7 heteroatoms. The molecule has 170 valence electrons. The molecule has 4 fully saturated rings. The second-order valence-electron chi connectivity index (χ2n) is 10.7. The molecule has 1 atom stereocenters. The Hall–Kier alpha value is -2.57. The Bertz CT molecular complexity index is 989. The highest BCUT2D eigenvalue weighted by Gasteiger charge is 2.56. The van der Waals surface area contributed by atoms with Gasteiger partial charge in [0.05, 0.1) is 36.4 Å². The van der Waals surface area contributed by atoms with Gasteiger partial charge in [-0.25, -0.2) is 4.98 Å². The summed E-state index contributed by atoms with van der Waals surface area (Å²) in [5.41, 5.74) is 0.639. The van der Waals surface area contributed by atoms with Crippen molar-refractivity contribution in [1.82, 2.24) is 19.8 Å². The minimum atomic E-state index is -0.119. The topological polar surface area (TPSA) is 80.4 Å². The number of amides is 2. The third-order valence-electron chi connectivity index (χ3n) is 8.41. The lowest BCUT2D eigenvalue weighted by Gasteiger charge is -2.57. The Labute approximate surface area is 188 Å². The molecule has 0 unspecified atom stereocenters. The Morgan fingerprint density at radius 2 is 1.88 bits per heavy atom. The van der Waals surface area contributed by atoms with E-state index in [1.165, 1.54) is 19.3 Å². The van der Waals surface area contributed by atoms with Crippen molar-refractivity contribution in [2.75, 3.05) is 6.54 Å². The minimum Gasteiger partial charge on any atom is -0.467 e. The first-order valence-corrected chi connectivity index (χ1v) is 12.2. The van der Waals surface area contributed by atoms with Gasteiger partial charge >= 0.3 is 0 Å². The average Bonchev–Trinajstić information content (AvgIpc) is 3.41. The van der Waals surface area contributed by atoms with Gasteiger partial charge in [-0.2, -0.15) is 0 Å². The van der Waals surface area contributed by atoms with E-state index in [1.807, 2.05) is 18.3 Å². The van der Waals surface area contributed by atoms with Crippen LogP contribution in [0.5, 0.6) is 0 Å². The van der Waals surface area contributed by atoms with Crippen LogP contribution in [0.1, 0.15) is 68.8 Å². The molecule has 0 radical (unpaired) electrons. The van der Waals surface area contributed by atoms with Gasteiger partial charge in [0.1, 0.15) is 11.6 Å². The highest BCUT2D eigenvalue weighted by molar-refractivity contribution is 5.84. The lowest BCUT2D eigenvalue weighted by atomic mass is 9.49. The molecule has 0 spiro atoms. The van der Waals surface area contributed by atoms with Crippen molar-refractivity contribution in [3.05, 3.63) is 41.9 Å². The minimum absolute atomic E-state index is 0.0517. The Balaban J connectivity index is 1.14. The first kappa shape index (κ1) is 20.1. The summed E-state index contributed by atoms with van der Waals surface area (Å²) in [6.45, 7) is 3.95. The summed E-state index contributed by atoms with van der Waals surface area (Å²) in [5, 5.41) is 2.88. The van der Waals surface area contributed by atoms with Gasteiger partial charge in [-0.15, -0.1) is 0 Å². The van der Waals surface area contributed by atoms with Crippen molar-refractivity contribution in [2.24, 2.45) is 23.2 Å². The quantitative estimate of drug-likeness (QED) is 0.778. The summed E-state index contributed by atoms with van der Waals surface area (Å²) in [4.78, 5) is 33.1. The van der Waals surface area contributed by atoms with E-state index >= 15 is 0 Å². The molecule has 7 rings (SSSR count). The first-order chi connectivity index (χ1) is 15.5. The van der Waals surface area contributed by atoms with Crippen LogP contribution in [0.4, 0.5) is 0 Å². The summed E-state index contributed by atoms with van der Waals surface area (Å²) >= 11 is 0. The number of nitrogens with zero attached hydrogens (tertiary/aromatic N) is 3. The molecule has 0 saturated heterocycles. The van der Waals surface area contributed by atoms with Crippen LogP contribution in [0.2, 0.25) is 0 Å².